The highest BCUT2D eigenvalue weighted by Crippen LogP contribution is 2.47. The molecule has 11 nitrogen and oxygen atoms in total. The van der Waals surface area contributed by atoms with Crippen molar-refractivity contribution in [3.63, 3.8) is 0 Å². The van der Waals surface area contributed by atoms with Crippen molar-refractivity contribution in [3.8, 4) is 5.75 Å². The molecular formula is C32H41F3N5O6P. The quantitative estimate of drug-likeness (QED) is 0.0899. The van der Waals surface area contributed by atoms with Crippen LogP contribution in [-0.4, -0.2) is 45.9 Å². The number of carbonyl (C=O) groups excluding carboxylic acids is 1. The number of unbranched alkanes of at least 4 members (excludes halogenated alkanes) is 1. The van der Waals surface area contributed by atoms with Crippen molar-refractivity contribution in [2.24, 2.45) is 0 Å². The molecule has 0 aliphatic carbocycles. The highest BCUT2D eigenvalue weighted by molar-refractivity contribution is 7.52. The minimum Gasteiger partial charge on any atom is -0.462 e. The predicted molar refractivity (Wildman–Crippen MR) is 173 cm³/mol. The van der Waals surface area contributed by atoms with Crippen LogP contribution >= 0.6 is 7.75 Å². The fraction of sp³-hybridized carbons (Fsp3) is 0.469. The third-order valence-corrected chi connectivity index (χ3v) is 8.86. The van der Waals surface area contributed by atoms with Gasteiger partial charge in [0, 0.05) is 12.0 Å². The number of esters is 1. The van der Waals surface area contributed by atoms with Crippen molar-refractivity contribution in [2.75, 3.05) is 18.9 Å². The van der Waals surface area contributed by atoms with Crippen LogP contribution in [0.2, 0.25) is 0 Å². The molecule has 3 N–H and O–H groups in total. The van der Waals surface area contributed by atoms with E-state index in [2.05, 4.69) is 10.1 Å². The van der Waals surface area contributed by atoms with Crippen LogP contribution in [-0.2, 0) is 36.1 Å². The number of nitrogens with two attached hydrogens (primary N) is 1. The second-order valence-electron chi connectivity index (χ2n) is 11.3. The average molecular weight is 680 g/mol. The fourth-order valence-electron chi connectivity index (χ4n) is 5.03. The Morgan fingerprint density at radius 1 is 1.06 bits per heavy atom. The van der Waals surface area contributed by atoms with E-state index in [4.69, 9.17) is 29.2 Å². The normalized spacial score (nSPS) is 14.7. The van der Waals surface area contributed by atoms with Crippen molar-refractivity contribution in [2.45, 2.75) is 84.9 Å². The van der Waals surface area contributed by atoms with Crippen LogP contribution in [0.3, 0.4) is 0 Å². The molecule has 0 aliphatic rings. The van der Waals surface area contributed by atoms with Gasteiger partial charge in [0.2, 0.25) is 0 Å². The summed E-state index contributed by atoms with van der Waals surface area (Å²) in [5.41, 5.74) is 7.30. The van der Waals surface area contributed by atoms with E-state index in [1.165, 1.54) is 6.92 Å². The molecule has 0 radical (unpaired) electrons. The number of alkyl halides is 3. The fourth-order valence-corrected chi connectivity index (χ4v) is 6.55. The first-order valence-corrected chi connectivity index (χ1v) is 17.0. The molecule has 3 atom stereocenters. The Bertz CT molecular complexity index is 1710. The number of rotatable bonds is 16. The molecule has 0 aliphatic heterocycles. The van der Waals surface area contributed by atoms with Crippen LogP contribution in [0.1, 0.15) is 71.3 Å². The Morgan fingerprint density at radius 2 is 1.77 bits per heavy atom. The van der Waals surface area contributed by atoms with E-state index in [0.29, 0.717) is 35.4 Å². The maximum absolute atomic E-state index is 14.3. The van der Waals surface area contributed by atoms with Gasteiger partial charge in [-0.2, -0.15) is 18.3 Å². The predicted octanol–water partition coefficient (Wildman–Crippen LogP) is 7.59. The summed E-state index contributed by atoms with van der Waals surface area (Å²) in [5, 5.41) is 3.40. The number of aromatic nitrogens is 3. The van der Waals surface area contributed by atoms with Gasteiger partial charge in [0.1, 0.15) is 29.7 Å². The van der Waals surface area contributed by atoms with Crippen LogP contribution in [0, 0.1) is 0 Å². The second-order valence-corrected chi connectivity index (χ2v) is 13.0. The molecule has 256 valence electrons. The standard InChI is InChI=1S/C32H41F3N5O6P/c1-6-8-11-23(40-27(19-43-7-2)38-28-29(40)25-12-9-10-13-26(25)37-30(28)36)18-44-47(42,39-21(5)31(41)45-20(3)4)46-24-16-14-22(15-17-24)32(33,34)35/h9-10,12-17,20-21,23H,6-8,11,18-19H2,1-5H3,(H2,36,37)(H,39,42)/t21-,23-,47+/m0/s1. The van der Waals surface area contributed by atoms with E-state index >= 15 is 0 Å². The lowest BCUT2D eigenvalue weighted by Crippen LogP contribution is -2.36. The van der Waals surface area contributed by atoms with Crippen LogP contribution in [0.15, 0.2) is 48.5 Å². The van der Waals surface area contributed by atoms with Crippen LogP contribution in [0.5, 0.6) is 5.75 Å². The number of benzene rings is 2. The van der Waals surface area contributed by atoms with E-state index in [1.807, 2.05) is 42.7 Å². The molecule has 2 aromatic heterocycles. The zero-order valence-electron chi connectivity index (χ0n) is 27.0. The summed E-state index contributed by atoms with van der Waals surface area (Å²) in [6, 6.07) is 9.55. The van der Waals surface area contributed by atoms with E-state index in [1.54, 1.807) is 13.8 Å². The van der Waals surface area contributed by atoms with Crippen molar-refractivity contribution in [1.82, 2.24) is 19.6 Å². The number of hydrogen-bond acceptors (Lipinski definition) is 9. The number of fused-ring (bicyclic) bond motifs is 3. The van der Waals surface area contributed by atoms with Crippen molar-refractivity contribution >= 4 is 41.5 Å². The van der Waals surface area contributed by atoms with Gasteiger partial charge in [-0.05, 0) is 64.4 Å². The Labute approximate surface area is 271 Å². The zero-order chi connectivity index (χ0) is 34.4. The third kappa shape index (κ3) is 9.01. The minimum absolute atomic E-state index is 0.150. The molecule has 0 saturated carbocycles. The van der Waals surface area contributed by atoms with Crippen molar-refractivity contribution < 1.29 is 41.1 Å². The van der Waals surface area contributed by atoms with Gasteiger partial charge < -0.3 is 24.3 Å². The molecule has 2 aromatic carbocycles. The smallest absolute Gasteiger partial charge is 0.459 e. The van der Waals surface area contributed by atoms with Gasteiger partial charge >= 0.3 is 19.9 Å². The number of nitrogen functional groups attached to an aromatic ring is 1. The van der Waals surface area contributed by atoms with Gasteiger partial charge in [0.15, 0.2) is 5.82 Å². The van der Waals surface area contributed by atoms with Crippen LogP contribution in [0.25, 0.3) is 21.9 Å². The molecule has 2 heterocycles. The summed E-state index contributed by atoms with van der Waals surface area (Å²) in [6.07, 6.45) is -2.87. The van der Waals surface area contributed by atoms with Gasteiger partial charge in [-0.1, -0.05) is 38.0 Å². The van der Waals surface area contributed by atoms with E-state index in [0.717, 1.165) is 42.5 Å². The first-order valence-electron chi connectivity index (χ1n) is 15.5. The van der Waals surface area contributed by atoms with Crippen LogP contribution in [0.4, 0.5) is 19.0 Å². The van der Waals surface area contributed by atoms with Gasteiger partial charge in [-0.3, -0.25) is 9.32 Å². The van der Waals surface area contributed by atoms with E-state index < -0.39 is 43.6 Å². The number of para-hydroxylation sites is 1. The van der Waals surface area contributed by atoms with Gasteiger partial charge in [0.25, 0.3) is 0 Å². The Hall–Kier alpha value is -3.71. The maximum Gasteiger partial charge on any atom is 0.459 e. The molecular weight excluding hydrogens is 638 g/mol. The number of halogens is 3. The molecule has 4 aromatic rings. The molecule has 0 bridgehead atoms. The average Bonchev–Trinajstić information content (AvgIpc) is 3.39. The topological polar surface area (TPSA) is 140 Å². The Balaban J connectivity index is 1.76. The largest absolute Gasteiger partial charge is 0.462 e. The molecule has 0 spiro atoms. The summed E-state index contributed by atoms with van der Waals surface area (Å²) in [4.78, 5) is 22.0. The third-order valence-electron chi connectivity index (χ3n) is 7.22. The Morgan fingerprint density at radius 3 is 2.40 bits per heavy atom. The van der Waals surface area contributed by atoms with E-state index in [9.17, 15) is 22.5 Å². The highest BCUT2D eigenvalue weighted by atomic mass is 31.2. The number of nitrogens with zero attached hydrogens (tertiary/aromatic N) is 3. The molecule has 0 fully saturated rings. The number of anilines is 1. The van der Waals surface area contributed by atoms with Crippen LogP contribution < -0.4 is 15.3 Å². The molecule has 0 amide bonds. The van der Waals surface area contributed by atoms with Gasteiger partial charge in [0.05, 0.1) is 35.3 Å². The highest BCUT2D eigenvalue weighted by Gasteiger charge is 2.35. The molecule has 47 heavy (non-hydrogen) atoms. The monoisotopic (exact) mass is 679 g/mol. The zero-order valence-corrected chi connectivity index (χ0v) is 27.9. The number of pyridine rings is 1. The first kappa shape index (κ1) is 36.1. The lowest BCUT2D eigenvalue weighted by Gasteiger charge is -2.27. The molecule has 0 unspecified atom stereocenters. The number of nitrogens with one attached hydrogen (secondary N) is 1. The Kier molecular flexibility index (Phi) is 11.9. The van der Waals surface area contributed by atoms with Crippen molar-refractivity contribution in [1.29, 1.82) is 0 Å². The number of ether oxygens (including phenoxy) is 2. The summed E-state index contributed by atoms with van der Waals surface area (Å²) < 4.78 is 78.7. The lowest BCUT2D eigenvalue weighted by atomic mass is 10.1. The van der Waals surface area contributed by atoms with E-state index in [-0.39, 0.29) is 24.8 Å². The summed E-state index contributed by atoms with van der Waals surface area (Å²) in [5.74, 6) is -0.0766. The summed E-state index contributed by atoms with van der Waals surface area (Å²) >= 11 is 0. The summed E-state index contributed by atoms with van der Waals surface area (Å²) in [7, 11) is -4.43. The SMILES string of the molecule is CCCC[C@@H](CO[P@](=O)(N[C@@H](C)C(=O)OC(C)C)Oc1ccc(C(F)(F)F)cc1)n1c(COCC)nc2c(N)nc3ccccc3c21. The molecule has 15 heteroatoms. The molecule has 4 rings (SSSR count). The van der Waals surface area contributed by atoms with Gasteiger partial charge in [-0.15, -0.1) is 0 Å². The minimum atomic E-state index is -4.57. The molecule has 0 saturated heterocycles. The van der Waals surface area contributed by atoms with Gasteiger partial charge in [-0.25, -0.2) is 14.5 Å². The van der Waals surface area contributed by atoms with Crippen molar-refractivity contribution in [3.05, 3.63) is 59.9 Å². The second kappa shape index (κ2) is 15.5. The number of imidazole rings is 1. The number of hydrogen-bond donors (Lipinski definition) is 2. The summed E-state index contributed by atoms with van der Waals surface area (Å²) in [6.45, 7) is 9.04. The number of carbonyl (C=O) groups is 1. The maximum atomic E-state index is 14.3. The first-order chi connectivity index (χ1) is 22.3. The lowest BCUT2D eigenvalue weighted by molar-refractivity contribution is -0.149.